The highest BCUT2D eigenvalue weighted by Gasteiger charge is 1.94. The maximum atomic E-state index is 8.58. The van der Waals surface area contributed by atoms with Crippen LogP contribution in [0.1, 0.15) is 19.7 Å². The summed E-state index contributed by atoms with van der Waals surface area (Å²) in [5.74, 6) is 1.18. The lowest BCUT2D eigenvalue weighted by molar-refractivity contribution is -0.106. The predicted octanol–water partition coefficient (Wildman–Crippen LogP) is 0.567. The van der Waals surface area contributed by atoms with Crippen molar-refractivity contribution in [1.82, 2.24) is 9.55 Å². The van der Waals surface area contributed by atoms with Crippen molar-refractivity contribution < 1.29 is 4.79 Å². The number of aryl methyl sites for hydroxylation is 2. The first-order chi connectivity index (χ1) is 5.79. The molecule has 1 aromatic rings. The van der Waals surface area contributed by atoms with Crippen LogP contribution < -0.4 is 5.73 Å². The molecule has 0 aliphatic carbocycles. The number of rotatable bonds is 2. The number of imidazole rings is 1. The van der Waals surface area contributed by atoms with E-state index in [1.54, 1.807) is 0 Å². The molecule has 0 aliphatic rings. The fourth-order valence-electron chi connectivity index (χ4n) is 0.942. The van der Waals surface area contributed by atoms with Gasteiger partial charge in [-0.1, -0.05) is 6.92 Å². The molecule has 2 N–H and O–H groups in total. The van der Waals surface area contributed by atoms with E-state index < -0.39 is 0 Å². The van der Waals surface area contributed by atoms with Crippen LogP contribution in [0.4, 0.5) is 0 Å². The fourth-order valence-corrected chi connectivity index (χ4v) is 0.942. The van der Waals surface area contributed by atoms with Gasteiger partial charge in [0.25, 0.3) is 0 Å². The summed E-state index contributed by atoms with van der Waals surface area (Å²) in [6.07, 6.45) is 5.14. The van der Waals surface area contributed by atoms with Crippen LogP contribution in [0.3, 0.4) is 0 Å². The van der Waals surface area contributed by atoms with Gasteiger partial charge in [-0.05, 0) is 6.92 Å². The van der Waals surface area contributed by atoms with Gasteiger partial charge in [-0.2, -0.15) is 0 Å². The van der Waals surface area contributed by atoms with Gasteiger partial charge in [-0.3, -0.25) is 4.79 Å². The molecule has 68 valence electrons. The minimum atomic E-state index is 0.250. The minimum absolute atomic E-state index is 0.250. The van der Waals surface area contributed by atoms with Crippen LogP contribution in [0, 0.1) is 0 Å². The molecule has 0 fully saturated rings. The van der Waals surface area contributed by atoms with E-state index in [0.717, 1.165) is 13.0 Å². The van der Waals surface area contributed by atoms with Gasteiger partial charge in [0.2, 0.25) is 6.41 Å². The van der Waals surface area contributed by atoms with Gasteiger partial charge >= 0.3 is 0 Å². The van der Waals surface area contributed by atoms with Crippen molar-refractivity contribution in [2.45, 2.75) is 26.8 Å². The molecule has 0 unspecified atom stereocenters. The normalized spacial score (nSPS) is 8.50. The maximum Gasteiger partial charge on any atom is 0.204 e. The minimum Gasteiger partial charge on any atom is -0.372 e. The molecule has 0 atom stereocenters. The van der Waals surface area contributed by atoms with Crippen molar-refractivity contribution in [3.05, 3.63) is 18.2 Å². The SMILES string of the molecule is CCc1nccn1CC.NC=O. The molecule has 0 spiro atoms. The van der Waals surface area contributed by atoms with Crippen LogP contribution in [0.25, 0.3) is 0 Å². The fraction of sp³-hybridized carbons (Fsp3) is 0.500. The van der Waals surface area contributed by atoms with E-state index in [4.69, 9.17) is 4.79 Å². The van der Waals surface area contributed by atoms with Crippen molar-refractivity contribution in [3.63, 3.8) is 0 Å². The number of aromatic nitrogens is 2. The number of hydrogen-bond acceptors (Lipinski definition) is 2. The summed E-state index contributed by atoms with van der Waals surface area (Å²) >= 11 is 0. The lowest BCUT2D eigenvalue weighted by Gasteiger charge is -1.98. The second-order valence-corrected chi connectivity index (χ2v) is 2.12. The molecule has 0 saturated heterocycles. The number of primary amides is 1. The Morgan fingerprint density at radius 2 is 2.25 bits per heavy atom. The molecule has 0 aromatic carbocycles. The molecule has 1 heterocycles. The van der Waals surface area contributed by atoms with Crippen molar-refractivity contribution in [2.24, 2.45) is 5.73 Å². The molecule has 4 heteroatoms. The number of nitrogens with two attached hydrogens (primary N) is 1. The van der Waals surface area contributed by atoms with Gasteiger partial charge in [0.05, 0.1) is 0 Å². The standard InChI is InChI=1S/C7H12N2.CH3NO/c1-3-7-8-5-6-9(7)4-2;2-1-3/h5-6H,3-4H2,1-2H3;1H,(H2,2,3). The summed E-state index contributed by atoms with van der Waals surface area (Å²) in [4.78, 5) is 12.8. The van der Waals surface area contributed by atoms with Gasteiger partial charge in [-0.15, -0.1) is 0 Å². The summed E-state index contributed by atoms with van der Waals surface area (Å²) in [6.45, 7) is 5.28. The molecular weight excluding hydrogens is 154 g/mol. The summed E-state index contributed by atoms with van der Waals surface area (Å²) in [7, 11) is 0. The number of hydrogen-bond donors (Lipinski definition) is 1. The second kappa shape index (κ2) is 6.39. The van der Waals surface area contributed by atoms with E-state index in [1.165, 1.54) is 5.82 Å². The van der Waals surface area contributed by atoms with Crippen LogP contribution in [-0.2, 0) is 17.8 Å². The van der Waals surface area contributed by atoms with E-state index in [0.29, 0.717) is 0 Å². The van der Waals surface area contributed by atoms with E-state index in [-0.39, 0.29) is 6.41 Å². The maximum absolute atomic E-state index is 8.58. The van der Waals surface area contributed by atoms with Gasteiger partial charge in [0, 0.05) is 25.4 Å². The van der Waals surface area contributed by atoms with Crippen LogP contribution >= 0.6 is 0 Å². The molecule has 0 radical (unpaired) electrons. The smallest absolute Gasteiger partial charge is 0.204 e. The van der Waals surface area contributed by atoms with Crippen molar-refractivity contribution in [3.8, 4) is 0 Å². The largest absolute Gasteiger partial charge is 0.372 e. The Labute approximate surface area is 72.4 Å². The number of amides is 1. The Kier molecular flexibility index (Phi) is 5.69. The van der Waals surface area contributed by atoms with E-state index >= 15 is 0 Å². The zero-order chi connectivity index (χ0) is 9.40. The molecule has 1 amide bonds. The average Bonchev–Trinajstić information content (AvgIpc) is 2.52. The van der Waals surface area contributed by atoms with Gasteiger partial charge in [0.1, 0.15) is 5.82 Å². The van der Waals surface area contributed by atoms with E-state index in [1.807, 2.05) is 12.4 Å². The van der Waals surface area contributed by atoms with E-state index in [9.17, 15) is 0 Å². The molecular formula is C8H15N3O. The summed E-state index contributed by atoms with van der Waals surface area (Å²) < 4.78 is 2.15. The Morgan fingerprint density at radius 1 is 1.67 bits per heavy atom. The highest BCUT2D eigenvalue weighted by Crippen LogP contribution is 1.96. The highest BCUT2D eigenvalue weighted by molar-refractivity contribution is 5.42. The third-order valence-corrected chi connectivity index (χ3v) is 1.46. The lowest BCUT2D eigenvalue weighted by atomic mass is 10.4. The molecule has 12 heavy (non-hydrogen) atoms. The first kappa shape index (κ1) is 10.7. The van der Waals surface area contributed by atoms with Crippen LogP contribution in [0.2, 0.25) is 0 Å². The molecule has 0 bridgehead atoms. The molecule has 0 saturated carbocycles. The van der Waals surface area contributed by atoms with Gasteiger partial charge in [-0.25, -0.2) is 4.98 Å². The molecule has 4 nitrogen and oxygen atoms in total. The zero-order valence-corrected chi connectivity index (χ0v) is 7.53. The Hall–Kier alpha value is -1.32. The highest BCUT2D eigenvalue weighted by atomic mass is 16.1. The first-order valence-corrected chi connectivity index (χ1v) is 3.95. The van der Waals surface area contributed by atoms with Crippen molar-refractivity contribution >= 4 is 6.41 Å². The number of carbonyl (C=O) groups excluding carboxylic acids is 1. The Morgan fingerprint density at radius 3 is 2.58 bits per heavy atom. The van der Waals surface area contributed by atoms with Crippen molar-refractivity contribution in [1.29, 1.82) is 0 Å². The Bertz CT molecular complexity index is 201. The van der Waals surface area contributed by atoms with Crippen LogP contribution in [-0.4, -0.2) is 16.0 Å². The van der Waals surface area contributed by atoms with E-state index in [2.05, 4.69) is 29.1 Å². The predicted molar refractivity (Wildman–Crippen MR) is 47.5 cm³/mol. The quantitative estimate of drug-likeness (QED) is 0.658. The number of nitrogens with zero attached hydrogens (tertiary/aromatic N) is 2. The topological polar surface area (TPSA) is 60.9 Å². The first-order valence-electron chi connectivity index (χ1n) is 3.95. The van der Waals surface area contributed by atoms with Crippen LogP contribution in [0.5, 0.6) is 0 Å². The molecule has 1 rings (SSSR count). The van der Waals surface area contributed by atoms with Crippen LogP contribution in [0.15, 0.2) is 12.4 Å². The summed E-state index contributed by atoms with van der Waals surface area (Å²) in [5.41, 5.74) is 4.17. The summed E-state index contributed by atoms with van der Waals surface area (Å²) in [5, 5.41) is 0. The van der Waals surface area contributed by atoms with Gasteiger partial charge in [0.15, 0.2) is 0 Å². The number of carbonyl (C=O) groups is 1. The Balaban J connectivity index is 0.000000354. The zero-order valence-electron chi connectivity index (χ0n) is 7.53. The monoisotopic (exact) mass is 169 g/mol. The lowest BCUT2D eigenvalue weighted by Crippen LogP contribution is -1.98. The average molecular weight is 169 g/mol. The molecule has 0 aliphatic heterocycles. The van der Waals surface area contributed by atoms with Gasteiger partial charge < -0.3 is 10.3 Å². The third kappa shape index (κ3) is 3.18. The summed E-state index contributed by atoms with van der Waals surface area (Å²) in [6, 6.07) is 0. The molecule has 1 aromatic heterocycles. The second-order valence-electron chi connectivity index (χ2n) is 2.12. The third-order valence-electron chi connectivity index (χ3n) is 1.46. The van der Waals surface area contributed by atoms with Crippen molar-refractivity contribution in [2.75, 3.05) is 0 Å².